The van der Waals surface area contributed by atoms with Gasteiger partial charge in [0.25, 0.3) is 0 Å². The number of hydrogen-bond acceptors (Lipinski definition) is 4. The molecule has 0 aliphatic carbocycles. The number of aromatic nitrogens is 1. The Bertz CT molecular complexity index is 336. The van der Waals surface area contributed by atoms with Crippen molar-refractivity contribution in [2.75, 3.05) is 13.1 Å². The number of nitrogens with one attached hydrogen (secondary N) is 2. The summed E-state index contributed by atoms with van der Waals surface area (Å²) < 4.78 is 5.08. The number of amides is 1. The highest BCUT2D eigenvalue weighted by Gasteiger charge is 2.16. The number of hydrogen-bond donors (Lipinski definition) is 2. The van der Waals surface area contributed by atoms with E-state index in [0.29, 0.717) is 5.75 Å². The van der Waals surface area contributed by atoms with E-state index in [4.69, 9.17) is 4.74 Å². The van der Waals surface area contributed by atoms with Crippen LogP contribution in [0, 0.1) is 0 Å². The molecular weight excluding hydrogens is 206 g/mol. The van der Waals surface area contributed by atoms with E-state index in [-0.39, 0.29) is 6.04 Å². The third kappa shape index (κ3) is 3.20. The Kier molecular flexibility index (Phi) is 3.71. The number of piperidine rings is 1. The van der Waals surface area contributed by atoms with Crippen LogP contribution >= 0.6 is 0 Å². The molecule has 86 valence electrons. The van der Waals surface area contributed by atoms with Crippen LogP contribution in [0.25, 0.3) is 0 Å². The molecule has 0 unspecified atom stereocenters. The van der Waals surface area contributed by atoms with Gasteiger partial charge in [0.05, 0.1) is 6.20 Å². The Balaban J connectivity index is 1.80. The summed E-state index contributed by atoms with van der Waals surface area (Å²) in [6.45, 7) is 1.88. The van der Waals surface area contributed by atoms with Gasteiger partial charge in [0, 0.05) is 12.2 Å². The number of nitrogens with zero attached hydrogens (tertiary/aromatic N) is 1. The van der Waals surface area contributed by atoms with Crippen molar-refractivity contribution in [3.8, 4) is 5.75 Å². The number of rotatable bonds is 2. The lowest BCUT2D eigenvalue weighted by Crippen LogP contribution is -2.43. The molecule has 0 bridgehead atoms. The Labute approximate surface area is 94.2 Å². The number of carbonyl (C=O) groups is 1. The van der Waals surface area contributed by atoms with Gasteiger partial charge in [-0.2, -0.15) is 0 Å². The first-order chi connectivity index (χ1) is 7.84. The molecule has 0 atom stereocenters. The van der Waals surface area contributed by atoms with E-state index in [1.165, 1.54) is 6.20 Å². The minimum absolute atomic E-state index is 0.213. The number of pyridine rings is 1. The molecule has 1 fully saturated rings. The van der Waals surface area contributed by atoms with E-state index >= 15 is 0 Å². The van der Waals surface area contributed by atoms with Gasteiger partial charge in [-0.3, -0.25) is 4.98 Å². The molecule has 2 heterocycles. The molecule has 2 N–H and O–H groups in total. The van der Waals surface area contributed by atoms with Crippen LogP contribution in [0.3, 0.4) is 0 Å². The Morgan fingerprint density at radius 3 is 3.00 bits per heavy atom. The molecule has 0 saturated carbocycles. The lowest BCUT2D eigenvalue weighted by atomic mass is 10.1. The van der Waals surface area contributed by atoms with Gasteiger partial charge in [-0.15, -0.1) is 0 Å². The van der Waals surface area contributed by atoms with Gasteiger partial charge in [0.15, 0.2) is 5.75 Å². The second-order valence-electron chi connectivity index (χ2n) is 3.75. The van der Waals surface area contributed by atoms with Crippen LogP contribution in [0.1, 0.15) is 12.8 Å². The van der Waals surface area contributed by atoms with E-state index in [9.17, 15) is 4.79 Å². The zero-order valence-corrected chi connectivity index (χ0v) is 8.98. The zero-order chi connectivity index (χ0) is 11.2. The molecule has 5 heteroatoms. The Morgan fingerprint density at radius 1 is 1.50 bits per heavy atom. The second kappa shape index (κ2) is 5.46. The molecule has 1 aromatic rings. The van der Waals surface area contributed by atoms with Crippen molar-refractivity contribution in [1.82, 2.24) is 15.6 Å². The molecular formula is C11H15N3O2. The van der Waals surface area contributed by atoms with Gasteiger partial charge in [-0.25, -0.2) is 4.79 Å². The standard InChI is InChI=1S/C11H15N3O2/c15-11(14-9-3-6-12-7-4-9)16-10-2-1-5-13-8-10/h1-2,5,8-9,12H,3-4,6-7H2,(H,14,15). The summed E-state index contributed by atoms with van der Waals surface area (Å²) in [4.78, 5) is 15.4. The maximum absolute atomic E-state index is 11.5. The fourth-order valence-corrected chi connectivity index (χ4v) is 1.68. The van der Waals surface area contributed by atoms with Crippen molar-refractivity contribution in [2.45, 2.75) is 18.9 Å². The Morgan fingerprint density at radius 2 is 2.31 bits per heavy atom. The van der Waals surface area contributed by atoms with Crippen molar-refractivity contribution in [2.24, 2.45) is 0 Å². The van der Waals surface area contributed by atoms with Crippen molar-refractivity contribution in [3.05, 3.63) is 24.5 Å². The van der Waals surface area contributed by atoms with Crippen LogP contribution in [0.15, 0.2) is 24.5 Å². The fourth-order valence-electron chi connectivity index (χ4n) is 1.68. The molecule has 16 heavy (non-hydrogen) atoms. The fraction of sp³-hybridized carbons (Fsp3) is 0.455. The summed E-state index contributed by atoms with van der Waals surface area (Å²) in [5, 5.41) is 6.07. The Hall–Kier alpha value is -1.62. The van der Waals surface area contributed by atoms with E-state index in [1.54, 1.807) is 18.3 Å². The van der Waals surface area contributed by atoms with Crippen LogP contribution in [0.2, 0.25) is 0 Å². The van der Waals surface area contributed by atoms with Crippen LogP contribution in [0.5, 0.6) is 5.75 Å². The summed E-state index contributed by atoms with van der Waals surface area (Å²) in [6.07, 6.45) is 4.64. The first-order valence-corrected chi connectivity index (χ1v) is 5.44. The average Bonchev–Trinajstić information content (AvgIpc) is 2.31. The van der Waals surface area contributed by atoms with E-state index in [1.807, 2.05) is 0 Å². The largest absolute Gasteiger partial charge is 0.412 e. The summed E-state index contributed by atoms with van der Waals surface area (Å²) >= 11 is 0. The zero-order valence-electron chi connectivity index (χ0n) is 8.98. The average molecular weight is 221 g/mol. The maximum atomic E-state index is 11.5. The maximum Gasteiger partial charge on any atom is 0.412 e. The molecule has 5 nitrogen and oxygen atoms in total. The van der Waals surface area contributed by atoms with Gasteiger partial charge in [0.1, 0.15) is 0 Å². The molecule has 1 aliphatic heterocycles. The van der Waals surface area contributed by atoms with Crippen LogP contribution in [-0.4, -0.2) is 30.2 Å². The molecule has 0 radical (unpaired) electrons. The summed E-state index contributed by atoms with van der Waals surface area (Å²) in [5.74, 6) is 0.467. The molecule has 1 aliphatic rings. The summed E-state index contributed by atoms with van der Waals surface area (Å²) in [6, 6.07) is 3.65. The molecule has 1 amide bonds. The van der Waals surface area contributed by atoms with Gasteiger partial charge in [-0.05, 0) is 38.1 Å². The predicted molar refractivity (Wildman–Crippen MR) is 59.3 cm³/mol. The van der Waals surface area contributed by atoms with Gasteiger partial charge in [0.2, 0.25) is 0 Å². The van der Waals surface area contributed by atoms with Crippen molar-refractivity contribution in [1.29, 1.82) is 0 Å². The second-order valence-corrected chi connectivity index (χ2v) is 3.75. The smallest absolute Gasteiger partial charge is 0.409 e. The minimum atomic E-state index is -0.403. The molecule has 1 aromatic heterocycles. The highest BCUT2D eigenvalue weighted by molar-refractivity contribution is 5.70. The van der Waals surface area contributed by atoms with Crippen molar-refractivity contribution in [3.63, 3.8) is 0 Å². The molecule has 0 aromatic carbocycles. The molecule has 0 spiro atoms. The third-order valence-corrected chi connectivity index (χ3v) is 2.51. The summed E-state index contributed by atoms with van der Waals surface area (Å²) in [5.41, 5.74) is 0. The van der Waals surface area contributed by atoms with Crippen LogP contribution in [0.4, 0.5) is 4.79 Å². The lowest BCUT2D eigenvalue weighted by molar-refractivity contribution is 0.192. The first-order valence-electron chi connectivity index (χ1n) is 5.44. The minimum Gasteiger partial charge on any atom is -0.409 e. The van der Waals surface area contributed by atoms with E-state index in [2.05, 4.69) is 15.6 Å². The van der Waals surface area contributed by atoms with Crippen molar-refractivity contribution < 1.29 is 9.53 Å². The monoisotopic (exact) mass is 221 g/mol. The number of ether oxygens (including phenoxy) is 1. The van der Waals surface area contributed by atoms with Gasteiger partial charge in [-0.1, -0.05) is 0 Å². The first kappa shape index (κ1) is 10.9. The molecule has 1 saturated heterocycles. The predicted octanol–water partition coefficient (Wildman–Crippen LogP) is 0.922. The summed E-state index contributed by atoms with van der Waals surface area (Å²) in [7, 11) is 0. The van der Waals surface area contributed by atoms with Crippen LogP contribution < -0.4 is 15.4 Å². The topological polar surface area (TPSA) is 63.2 Å². The van der Waals surface area contributed by atoms with Crippen LogP contribution in [-0.2, 0) is 0 Å². The van der Waals surface area contributed by atoms with E-state index < -0.39 is 6.09 Å². The quantitative estimate of drug-likeness (QED) is 0.779. The highest BCUT2D eigenvalue weighted by Crippen LogP contribution is 2.07. The number of carbonyl (C=O) groups excluding carboxylic acids is 1. The van der Waals surface area contributed by atoms with Gasteiger partial charge < -0.3 is 15.4 Å². The molecule has 2 rings (SSSR count). The van der Waals surface area contributed by atoms with Crippen molar-refractivity contribution >= 4 is 6.09 Å². The normalized spacial score (nSPS) is 16.8. The van der Waals surface area contributed by atoms with E-state index in [0.717, 1.165) is 25.9 Å². The lowest BCUT2D eigenvalue weighted by Gasteiger charge is -2.23. The SMILES string of the molecule is O=C(NC1CCNCC1)Oc1cccnc1. The third-order valence-electron chi connectivity index (χ3n) is 2.51. The highest BCUT2D eigenvalue weighted by atomic mass is 16.6. The van der Waals surface area contributed by atoms with Gasteiger partial charge >= 0.3 is 6.09 Å².